The molecule has 1 aliphatic heterocycles. The van der Waals surface area contributed by atoms with Crippen molar-refractivity contribution in [1.29, 1.82) is 0 Å². The molecular formula is C16H15ClF3N7O2. The average Bonchev–Trinajstić information content (AvgIpc) is 3.16. The van der Waals surface area contributed by atoms with Gasteiger partial charge in [0.1, 0.15) is 16.7 Å². The summed E-state index contributed by atoms with van der Waals surface area (Å²) in [6.45, 7) is 1.48. The lowest BCUT2D eigenvalue weighted by molar-refractivity contribution is -0.384. The molecule has 13 heteroatoms. The third kappa shape index (κ3) is 4.65. The van der Waals surface area contributed by atoms with Gasteiger partial charge in [0.15, 0.2) is 0 Å². The Labute approximate surface area is 167 Å². The smallest absolute Gasteiger partial charge is 0.368 e. The molecule has 3 N–H and O–H groups in total. The molecule has 3 rings (SSSR count). The largest absolute Gasteiger partial charge is 0.416 e. The molecule has 1 aliphatic rings. The van der Waals surface area contributed by atoms with Gasteiger partial charge in [0.25, 0.3) is 5.69 Å². The Morgan fingerprint density at radius 1 is 1.31 bits per heavy atom. The van der Waals surface area contributed by atoms with E-state index in [1.165, 1.54) is 6.21 Å². The number of nitrogens with two attached hydrogens (primary N) is 1. The zero-order valence-electron chi connectivity index (χ0n) is 14.8. The number of nitrogens with zero attached hydrogens (tertiary/aromatic N) is 5. The first kappa shape index (κ1) is 20.6. The van der Waals surface area contributed by atoms with Gasteiger partial charge in [-0.2, -0.15) is 23.3 Å². The van der Waals surface area contributed by atoms with Crippen LogP contribution < -0.4 is 16.1 Å². The van der Waals surface area contributed by atoms with E-state index in [2.05, 4.69) is 20.5 Å². The summed E-state index contributed by atoms with van der Waals surface area (Å²) in [6, 6.07) is 2.09. The van der Waals surface area contributed by atoms with Crippen LogP contribution in [0.3, 0.4) is 0 Å². The fraction of sp³-hybridized carbons (Fsp3) is 0.312. The summed E-state index contributed by atoms with van der Waals surface area (Å²) >= 11 is 6.14. The normalized spacial score (nSPS) is 14.6. The minimum Gasteiger partial charge on any atom is -0.368 e. The molecule has 0 saturated carbocycles. The number of nitrogens with one attached hydrogen (secondary N) is 1. The van der Waals surface area contributed by atoms with Crippen LogP contribution in [0.25, 0.3) is 0 Å². The van der Waals surface area contributed by atoms with Crippen molar-refractivity contribution in [1.82, 2.24) is 9.97 Å². The summed E-state index contributed by atoms with van der Waals surface area (Å²) in [4.78, 5) is 20.2. The number of hydrogen-bond donors (Lipinski definition) is 2. The third-order valence-corrected chi connectivity index (χ3v) is 4.49. The van der Waals surface area contributed by atoms with Crippen LogP contribution in [0.2, 0.25) is 5.15 Å². The van der Waals surface area contributed by atoms with E-state index < -0.39 is 22.4 Å². The SMILES string of the molecule is Nc1nc(Cl)c(/C=N/Nc2ccc(C(F)(F)F)cc2[N+](=O)[O-])c(N2CCCC2)n1. The van der Waals surface area contributed by atoms with Crippen LogP contribution in [0.5, 0.6) is 0 Å². The molecule has 0 bridgehead atoms. The summed E-state index contributed by atoms with van der Waals surface area (Å²) < 4.78 is 38.4. The number of nitro benzene ring substituents is 1. The van der Waals surface area contributed by atoms with Crippen LogP contribution in [0.15, 0.2) is 23.3 Å². The summed E-state index contributed by atoms with van der Waals surface area (Å²) in [5.41, 5.74) is 6.26. The third-order valence-electron chi connectivity index (χ3n) is 4.20. The molecule has 0 radical (unpaired) electrons. The maximum Gasteiger partial charge on any atom is 0.416 e. The predicted octanol–water partition coefficient (Wildman–Crippen LogP) is 3.69. The number of alkyl halides is 3. The molecule has 2 heterocycles. The van der Waals surface area contributed by atoms with Gasteiger partial charge >= 0.3 is 6.18 Å². The van der Waals surface area contributed by atoms with Crippen molar-refractivity contribution in [2.24, 2.45) is 5.10 Å². The Hall–Kier alpha value is -3.15. The van der Waals surface area contributed by atoms with E-state index in [0.29, 0.717) is 17.4 Å². The molecule has 154 valence electrons. The van der Waals surface area contributed by atoms with E-state index >= 15 is 0 Å². The molecule has 0 aliphatic carbocycles. The van der Waals surface area contributed by atoms with E-state index in [9.17, 15) is 23.3 Å². The number of hydrazone groups is 1. The van der Waals surface area contributed by atoms with Gasteiger partial charge < -0.3 is 10.6 Å². The first-order valence-electron chi connectivity index (χ1n) is 8.39. The maximum atomic E-state index is 12.8. The lowest BCUT2D eigenvalue weighted by Gasteiger charge is -2.19. The quantitative estimate of drug-likeness (QED) is 0.321. The lowest BCUT2D eigenvalue weighted by Crippen LogP contribution is -2.22. The number of benzene rings is 1. The topological polar surface area (TPSA) is 123 Å². The van der Waals surface area contributed by atoms with Crippen molar-refractivity contribution in [3.05, 3.63) is 44.6 Å². The Bertz CT molecular complexity index is 962. The van der Waals surface area contributed by atoms with Gasteiger partial charge in [0.2, 0.25) is 5.95 Å². The molecule has 1 aromatic carbocycles. The lowest BCUT2D eigenvalue weighted by atomic mass is 10.1. The summed E-state index contributed by atoms with van der Waals surface area (Å²) in [7, 11) is 0. The highest BCUT2D eigenvalue weighted by molar-refractivity contribution is 6.32. The second-order valence-corrected chi connectivity index (χ2v) is 6.52. The summed E-state index contributed by atoms with van der Waals surface area (Å²) in [5.74, 6) is 0.452. The summed E-state index contributed by atoms with van der Waals surface area (Å²) in [5, 5.41) is 15.0. The van der Waals surface area contributed by atoms with Crippen LogP contribution in [0.4, 0.5) is 36.3 Å². The Morgan fingerprint density at radius 2 is 2.00 bits per heavy atom. The number of hydrogen-bond acceptors (Lipinski definition) is 8. The second-order valence-electron chi connectivity index (χ2n) is 6.16. The van der Waals surface area contributed by atoms with Crippen LogP contribution in [0.1, 0.15) is 24.0 Å². The Balaban J connectivity index is 1.90. The first-order valence-corrected chi connectivity index (χ1v) is 8.77. The van der Waals surface area contributed by atoms with Crippen LogP contribution in [-0.4, -0.2) is 34.2 Å². The highest BCUT2D eigenvalue weighted by Gasteiger charge is 2.33. The van der Waals surface area contributed by atoms with Gasteiger partial charge in [-0.15, -0.1) is 0 Å². The molecule has 1 aromatic heterocycles. The van der Waals surface area contributed by atoms with Gasteiger partial charge in [-0.25, -0.2) is 4.98 Å². The highest BCUT2D eigenvalue weighted by Crippen LogP contribution is 2.35. The van der Waals surface area contributed by atoms with Crippen LogP contribution in [-0.2, 0) is 6.18 Å². The standard InChI is InChI=1S/C16H15ClF3N7O2/c17-13-10(14(24-15(21)23-13)26-5-1-2-6-26)8-22-25-11-4-3-9(16(18,19)20)7-12(11)27(28)29/h3-4,7-8,25H,1-2,5-6H2,(H2,21,23,24)/b22-8+. The minimum absolute atomic E-state index is 0.0135. The van der Waals surface area contributed by atoms with Crippen molar-refractivity contribution < 1.29 is 18.1 Å². The molecule has 0 spiro atoms. The Morgan fingerprint density at radius 3 is 2.62 bits per heavy atom. The van der Waals surface area contributed by atoms with Crippen molar-refractivity contribution >= 4 is 41.0 Å². The molecule has 2 aromatic rings. The number of halogens is 4. The van der Waals surface area contributed by atoms with Gasteiger partial charge in [-0.05, 0) is 25.0 Å². The monoisotopic (exact) mass is 429 g/mol. The highest BCUT2D eigenvalue weighted by atomic mass is 35.5. The molecule has 0 amide bonds. The molecule has 1 saturated heterocycles. The fourth-order valence-corrected chi connectivity index (χ4v) is 3.07. The van der Waals surface area contributed by atoms with Crippen LogP contribution >= 0.6 is 11.6 Å². The molecular weight excluding hydrogens is 415 g/mol. The fourth-order valence-electron chi connectivity index (χ4n) is 2.85. The zero-order valence-corrected chi connectivity index (χ0v) is 15.5. The predicted molar refractivity (Wildman–Crippen MR) is 102 cm³/mol. The van der Waals surface area contributed by atoms with Crippen molar-refractivity contribution in [2.75, 3.05) is 29.1 Å². The van der Waals surface area contributed by atoms with E-state index in [0.717, 1.165) is 38.1 Å². The van der Waals surface area contributed by atoms with E-state index in [1.54, 1.807) is 0 Å². The van der Waals surface area contributed by atoms with Crippen molar-refractivity contribution in [2.45, 2.75) is 19.0 Å². The van der Waals surface area contributed by atoms with Crippen molar-refractivity contribution in [3.63, 3.8) is 0 Å². The molecule has 0 atom stereocenters. The molecule has 29 heavy (non-hydrogen) atoms. The minimum atomic E-state index is -4.70. The van der Waals surface area contributed by atoms with Gasteiger partial charge in [0.05, 0.1) is 22.3 Å². The zero-order chi connectivity index (χ0) is 21.2. The van der Waals surface area contributed by atoms with Crippen molar-refractivity contribution in [3.8, 4) is 0 Å². The second kappa shape index (κ2) is 8.07. The van der Waals surface area contributed by atoms with E-state index in [4.69, 9.17) is 17.3 Å². The number of nitro groups is 1. The summed E-state index contributed by atoms with van der Waals surface area (Å²) in [6.07, 6.45) is -1.52. The van der Waals surface area contributed by atoms with Gasteiger partial charge in [-0.3, -0.25) is 15.5 Å². The maximum absolute atomic E-state index is 12.8. The molecule has 9 nitrogen and oxygen atoms in total. The van der Waals surface area contributed by atoms with Gasteiger partial charge in [-0.1, -0.05) is 11.6 Å². The first-order chi connectivity index (χ1) is 13.7. The van der Waals surface area contributed by atoms with Gasteiger partial charge in [0, 0.05) is 19.2 Å². The van der Waals surface area contributed by atoms with Crippen LogP contribution in [0, 0.1) is 10.1 Å². The average molecular weight is 430 g/mol. The van der Waals surface area contributed by atoms with E-state index in [-0.39, 0.29) is 16.8 Å². The van der Waals surface area contributed by atoms with E-state index in [1.807, 2.05) is 4.90 Å². The number of anilines is 3. The molecule has 0 unspecified atom stereocenters. The number of nitrogen functional groups attached to an aromatic ring is 1. The molecule has 1 fully saturated rings. The number of aromatic nitrogens is 2. The number of rotatable bonds is 5. The Kier molecular flexibility index (Phi) is 5.73.